The second-order valence-corrected chi connectivity index (χ2v) is 8.30. The number of piperazine rings is 1. The van der Waals surface area contributed by atoms with Crippen LogP contribution in [0, 0.1) is 0 Å². The van der Waals surface area contributed by atoms with Gasteiger partial charge in [-0.1, -0.05) is 30.5 Å². The number of aromatic nitrogens is 2. The van der Waals surface area contributed by atoms with E-state index in [4.69, 9.17) is 11.6 Å². The zero-order chi connectivity index (χ0) is 20.9. The number of hydrogen-bond acceptors (Lipinski definition) is 4. The van der Waals surface area contributed by atoms with Gasteiger partial charge < -0.3 is 9.80 Å². The zero-order valence-electron chi connectivity index (χ0n) is 17.2. The largest absolute Gasteiger partial charge is 0.342 e. The summed E-state index contributed by atoms with van der Waals surface area (Å²) in [5.41, 5.74) is 1.44. The lowest BCUT2D eigenvalue weighted by atomic mass is 10.2. The number of hydrogen-bond donors (Lipinski definition) is 0. The maximum Gasteiger partial charge on any atom is 0.246 e. The molecule has 0 atom stereocenters. The Bertz CT molecular complexity index is 925. The second-order valence-electron chi connectivity index (χ2n) is 7.95. The van der Waals surface area contributed by atoms with Crippen LogP contribution in [0.3, 0.4) is 0 Å². The molecule has 2 fully saturated rings. The number of imidazole rings is 1. The van der Waals surface area contributed by atoms with E-state index in [9.17, 15) is 9.59 Å². The summed E-state index contributed by atoms with van der Waals surface area (Å²) in [5.74, 6) is 0.175. The highest BCUT2D eigenvalue weighted by Crippen LogP contribution is 2.19. The molecule has 2 aliphatic rings. The molecule has 4 rings (SSSR count). The molecule has 30 heavy (non-hydrogen) atoms. The predicted octanol–water partition coefficient (Wildman–Crippen LogP) is 2.55. The molecule has 0 bridgehead atoms. The van der Waals surface area contributed by atoms with Crippen molar-refractivity contribution in [2.45, 2.75) is 25.7 Å². The van der Waals surface area contributed by atoms with Crippen molar-refractivity contribution >= 4 is 35.1 Å². The van der Waals surface area contributed by atoms with Crippen molar-refractivity contribution in [1.29, 1.82) is 0 Å². The maximum absolute atomic E-state index is 12.6. The molecule has 0 N–H and O–H groups in total. The minimum absolute atomic E-state index is 0.0459. The highest BCUT2D eigenvalue weighted by atomic mass is 35.5. The Balaban J connectivity index is 1.29. The predicted molar refractivity (Wildman–Crippen MR) is 117 cm³/mol. The lowest BCUT2D eigenvalue weighted by Crippen LogP contribution is -2.51. The first-order valence-electron chi connectivity index (χ1n) is 10.7. The summed E-state index contributed by atoms with van der Waals surface area (Å²) in [6.45, 7) is 4.90. The van der Waals surface area contributed by atoms with Gasteiger partial charge in [0.1, 0.15) is 5.65 Å². The van der Waals surface area contributed by atoms with E-state index in [0.717, 1.165) is 44.7 Å². The molecule has 2 saturated heterocycles. The van der Waals surface area contributed by atoms with E-state index in [1.165, 1.54) is 12.8 Å². The average molecular weight is 430 g/mol. The Labute approximate surface area is 181 Å². The van der Waals surface area contributed by atoms with Crippen LogP contribution in [0.5, 0.6) is 0 Å². The number of halogens is 1. The van der Waals surface area contributed by atoms with Crippen molar-refractivity contribution in [2.75, 3.05) is 45.8 Å². The summed E-state index contributed by atoms with van der Waals surface area (Å²) in [5, 5.41) is 0.377. The monoisotopic (exact) mass is 429 g/mol. The molecular formula is C22H28ClN5O2. The fourth-order valence-electron chi connectivity index (χ4n) is 4.13. The fourth-order valence-corrected chi connectivity index (χ4v) is 4.37. The van der Waals surface area contributed by atoms with E-state index < -0.39 is 0 Å². The molecule has 0 aliphatic carbocycles. The minimum atomic E-state index is -0.0459. The molecule has 2 aromatic rings. The Morgan fingerprint density at radius 1 is 0.967 bits per heavy atom. The number of amides is 2. The first-order valence-corrected chi connectivity index (χ1v) is 11.1. The Hall–Kier alpha value is -2.38. The van der Waals surface area contributed by atoms with Gasteiger partial charge >= 0.3 is 0 Å². The summed E-state index contributed by atoms with van der Waals surface area (Å²) in [6, 6.07) is 5.67. The number of rotatable bonds is 4. The zero-order valence-corrected chi connectivity index (χ0v) is 17.9. The van der Waals surface area contributed by atoms with E-state index in [1.807, 2.05) is 38.6 Å². The van der Waals surface area contributed by atoms with Crippen LogP contribution in [-0.2, 0) is 9.59 Å². The van der Waals surface area contributed by atoms with Crippen LogP contribution in [0.2, 0.25) is 5.15 Å². The molecule has 0 aromatic carbocycles. The smallest absolute Gasteiger partial charge is 0.246 e. The first-order chi connectivity index (χ1) is 14.6. The number of carbonyl (C=O) groups is 2. The summed E-state index contributed by atoms with van der Waals surface area (Å²) >= 11 is 6.23. The van der Waals surface area contributed by atoms with Crippen molar-refractivity contribution in [1.82, 2.24) is 24.1 Å². The van der Waals surface area contributed by atoms with Crippen molar-refractivity contribution in [2.24, 2.45) is 0 Å². The molecule has 0 spiro atoms. The summed E-state index contributed by atoms with van der Waals surface area (Å²) in [4.78, 5) is 35.5. The van der Waals surface area contributed by atoms with E-state index >= 15 is 0 Å². The van der Waals surface area contributed by atoms with Gasteiger partial charge in [0, 0.05) is 51.5 Å². The van der Waals surface area contributed by atoms with E-state index in [-0.39, 0.29) is 11.8 Å². The highest BCUT2D eigenvalue weighted by molar-refractivity contribution is 6.31. The Kier molecular flexibility index (Phi) is 6.69. The van der Waals surface area contributed by atoms with Crippen LogP contribution < -0.4 is 0 Å². The summed E-state index contributed by atoms with van der Waals surface area (Å²) in [6.07, 6.45) is 9.81. The van der Waals surface area contributed by atoms with Gasteiger partial charge in [-0.05, 0) is 31.1 Å². The number of likely N-dealkylation sites (tertiary alicyclic amines) is 1. The molecule has 0 radical (unpaired) electrons. The van der Waals surface area contributed by atoms with Gasteiger partial charge in [0.05, 0.1) is 12.2 Å². The van der Waals surface area contributed by atoms with Crippen molar-refractivity contribution in [3.8, 4) is 0 Å². The van der Waals surface area contributed by atoms with Crippen LogP contribution in [0.1, 0.15) is 31.4 Å². The topological polar surface area (TPSA) is 61.2 Å². The number of fused-ring (bicyclic) bond motifs is 1. The van der Waals surface area contributed by atoms with Gasteiger partial charge in [0.2, 0.25) is 11.8 Å². The molecule has 4 heterocycles. The normalized spacial score (nSPS) is 18.8. The lowest BCUT2D eigenvalue weighted by molar-refractivity contribution is -0.133. The van der Waals surface area contributed by atoms with Gasteiger partial charge in [0.15, 0.2) is 5.15 Å². The van der Waals surface area contributed by atoms with Crippen LogP contribution >= 0.6 is 11.6 Å². The maximum atomic E-state index is 12.6. The Morgan fingerprint density at radius 3 is 2.43 bits per heavy atom. The Morgan fingerprint density at radius 2 is 1.70 bits per heavy atom. The molecule has 0 unspecified atom stereocenters. The average Bonchev–Trinajstić information content (AvgIpc) is 2.92. The van der Waals surface area contributed by atoms with Crippen molar-refractivity contribution in [3.05, 3.63) is 41.3 Å². The van der Waals surface area contributed by atoms with Crippen LogP contribution in [0.25, 0.3) is 11.7 Å². The third-order valence-electron chi connectivity index (χ3n) is 5.91. The molecular weight excluding hydrogens is 402 g/mol. The molecule has 0 saturated carbocycles. The van der Waals surface area contributed by atoms with Gasteiger partial charge in [-0.3, -0.25) is 18.9 Å². The number of nitrogens with zero attached hydrogens (tertiary/aromatic N) is 5. The first kappa shape index (κ1) is 20.9. The molecule has 2 aliphatic heterocycles. The quantitative estimate of drug-likeness (QED) is 0.701. The van der Waals surface area contributed by atoms with Crippen LogP contribution in [0.15, 0.2) is 30.5 Å². The number of carbonyl (C=O) groups excluding carboxylic acids is 2. The van der Waals surface area contributed by atoms with Gasteiger partial charge in [0.25, 0.3) is 0 Å². The van der Waals surface area contributed by atoms with E-state index in [1.54, 1.807) is 12.2 Å². The van der Waals surface area contributed by atoms with Gasteiger partial charge in [-0.15, -0.1) is 0 Å². The standard InChI is InChI=1S/C22H28ClN5O2/c23-22-18(28-12-6-3-7-19(28)24-22)8-9-20(29)27-15-13-25(14-16-27)17-21(30)26-10-4-1-2-5-11-26/h3,6-9,12H,1-2,4-5,10-11,13-17H2/b9-8+. The molecule has 2 aromatic heterocycles. The third kappa shape index (κ3) is 4.84. The fraction of sp³-hybridized carbons (Fsp3) is 0.500. The lowest BCUT2D eigenvalue weighted by Gasteiger charge is -2.34. The second kappa shape index (κ2) is 9.62. The van der Waals surface area contributed by atoms with Gasteiger partial charge in [-0.2, -0.15) is 0 Å². The SMILES string of the molecule is O=C(/C=C/c1c(Cl)nc2ccccn12)N1CCN(CC(=O)N2CCCCCC2)CC1. The van der Waals surface area contributed by atoms with E-state index in [2.05, 4.69) is 9.88 Å². The minimum Gasteiger partial charge on any atom is -0.342 e. The highest BCUT2D eigenvalue weighted by Gasteiger charge is 2.23. The van der Waals surface area contributed by atoms with Crippen LogP contribution in [-0.4, -0.2) is 81.7 Å². The van der Waals surface area contributed by atoms with Crippen LogP contribution in [0.4, 0.5) is 0 Å². The van der Waals surface area contributed by atoms with Gasteiger partial charge in [-0.25, -0.2) is 4.98 Å². The molecule has 7 nitrogen and oxygen atoms in total. The number of pyridine rings is 1. The molecule has 8 heteroatoms. The van der Waals surface area contributed by atoms with Crippen molar-refractivity contribution < 1.29 is 9.59 Å². The summed E-state index contributed by atoms with van der Waals surface area (Å²) in [7, 11) is 0. The van der Waals surface area contributed by atoms with Crippen molar-refractivity contribution in [3.63, 3.8) is 0 Å². The molecule has 2 amide bonds. The van der Waals surface area contributed by atoms with E-state index in [0.29, 0.717) is 30.5 Å². The summed E-state index contributed by atoms with van der Waals surface area (Å²) < 4.78 is 1.86. The third-order valence-corrected chi connectivity index (χ3v) is 6.19. The molecule has 160 valence electrons.